The number of aromatic nitrogens is 1. The molecule has 2 unspecified atom stereocenters. The van der Waals surface area contributed by atoms with Crippen LogP contribution in [0.15, 0.2) is 78.9 Å². The van der Waals surface area contributed by atoms with Gasteiger partial charge < -0.3 is 15.0 Å². The lowest BCUT2D eigenvalue weighted by Crippen LogP contribution is -2.37. The number of hydrogen-bond donors (Lipinski definition) is 2. The minimum atomic E-state index is -0.399. The first-order valence-corrected chi connectivity index (χ1v) is 14.2. The van der Waals surface area contributed by atoms with Gasteiger partial charge in [0.15, 0.2) is 0 Å². The topological polar surface area (TPSA) is 54.3 Å². The minimum absolute atomic E-state index is 0.0235. The van der Waals surface area contributed by atoms with Crippen LogP contribution >= 0.6 is 0 Å². The number of carbonyl (C=O) groups excluding carboxylic acids is 1. The molecule has 0 bridgehead atoms. The maximum absolute atomic E-state index is 13.8. The van der Waals surface area contributed by atoms with E-state index in [0.29, 0.717) is 5.92 Å². The second kappa shape index (κ2) is 12.0. The predicted octanol–water partition coefficient (Wildman–Crippen LogP) is 7.21. The van der Waals surface area contributed by atoms with Crippen molar-refractivity contribution in [3.05, 3.63) is 107 Å². The smallest absolute Gasteiger partial charge is 0.228 e. The van der Waals surface area contributed by atoms with E-state index in [4.69, 9.17) is 0 Å². The fourth-order valence-electron chi connectivity index (χ4n) is 6.28. The number of carbonyl (C=O) groups is 1. The number of hydrogen-bond acceptors (Lipinski definition) is 2. The maximum Gasteiger partial charge on any atom is 0.228 e. The molecular weight excluding hydrogens is 468 g/mol. The van der Waals surface area contributed by atoms with Gasteiger partial charge in [0.05, 0.1) is 18.6 Å². The Balaban J connectivity index is 1.41. The van der Waals surface area contributed by atoms with Crippen molar-refractivity contribution in [3.8, 4) is 0 Å². The van der Waals surface area contributed by atoms with E-state index < -0.39 is 6.04 Å². The van der Waals surface area contributed by atoms with E-state index in [1.165, 1.54) is 53.4 Å². The fraction of sp³-hybridized carbons (Fsp3) is 0.382. The second-order valence-corrected chi connectivity index (χ2v) is 10.9. The van der Waals surface area contributed by atoms with Gasteiger partial charge in [-0.1, -0.05) is 98.5 Å². The van der Waals surface area contributed by atoms with E-state index in [2.05, 4.69) is 72.3 Å². The number of nitrogens with one attached hydrogen (secondary N) is 1. The summed E-state index contributed by atoms with van der Waals surface area (Å²) in [6, 6.07) is 26.7. The van der Waals surface area contributed by atoms with Crippen LogP contribution in [-0.4, -0.2) is 22.2 Å². The summed E-state index contributed by atoms with van der Waals surface area (Å²) in [5.74, 6) is 0.128. The first-order valence-electron chi connectivity index (χ1n) is 14.2. The molecule has 0 aliphatic heterocycles. The first kappa shape index (κ1) is 26.2. The maximum atomic E-state index is 13.8. The lowest BCUT2D eigenvalue weighted by atomic mass is 9.80. The van der Waals surface area contributed by atoms with E-state index >= 15 is 0 Å². The standard InChI is InChI=1S/C34H40N2O2/c1-24-25(2)36(32-17-11-10-16-30(24)32)22-26-18-20-29(21-19-26)33(28-14-6-3-4-7-15-28)34(38)35-31(23-37)27-12-8-5-9-13-27/h5,8-13,16-21,28,31,33,37H,3-4,6-7,14-15,22-23H2,1-2H3,(H,35,38). The van der Waals surface area contributed by atoms with Crippen molar-refractivity contribution in [1.82, 2.24) is 9.88 Å². The Bertz CT molecular complexity index is 1350. The normalized spacial score (nSPS) is 16.2. The Morgan fingerprint density at radius 3 is 2.21 bits per heavy atom. The van der Waals surface area contributed by atoms with Crippen LogP contribution in [-0.2, 0) is 11.3 Å². The SMILES string of the molecule is Cc1c(C)n(Cc2ccc(C(C(=O)NC(CO)c3ccccc3)C3CCCCCC3)cc2)c2ccccc12. The summed E-state index contributed by atoms with van der Waals surface area (Å²) in [6.07, 6.45) is 6.99. The number of fused-ring (bicyclic) bond motifs is 1. The molecule has 0 saturated heterocycles. The molecule has 2 N–H and O–H groups in total. The quantitative estimate of drug-likeness (QED) is 0.247. The van der Waals surface area contributed by atoms with E-state index in [1.807, 2.05) is 30.3 Å². The highest BCUT2D eigenvalue weighted by Crippen LogP contribution is 2.36. The van der Waals surface area contributed by atoms with Gasteiger partial charge >= 0.3 is 0 Å². The third-order valence-electron chi connectivity index (χ3n) is 8.58. The van der Waals surface area contributed by atoms with Crippen LogP contribution in [0.2, 0.25) is 0 Å². The molecule has 198 valence electrons. The van der Waals surface area contributed by atoms with Crippen molar-refractivity contribution in [2.75, 3.05) is 6.61 Å². The average Bonchev–Trinajstić information content (AvgIpc) is 3.12. The minimum Gasteiger partial charge on any atom is -0.394 e. The number of aliphatic hydroxyl groups is 1. The van der Waals surface area contributed by atoms with E-state index in [9.17, 15) is 9.90 Å². The van der Waals surface area contributed by atoms with E-state index in [0.717, 1.165) is 30.5 Å². The van der Waals surface area contributed by atoms with Gasteiger partial charge in [-0.15, -0.1) is 0 Å². The van der Waals surface area contributed by atoms with Crippen molar-refractivity contribution >= 4 is 16.8 Å². The number of rotatable bonds is 8. The number of aryl methyl sites for hydroxylation is 1. The monoisotopic (exact) mass is 508 g/mol. The zero-order chi connectivity index (χ0) is 26.5. The predicted molar refractivity (Wildman–Crippen MR) is 155 cm³/mol. The Kier molecular flexibility index (Phi) is 8.29. The Hall–Kier alpha value is -3.37. The zero-order valence-corrected chi connectivity index (χ0v) is 22.7. The molecule has 5 rings (SSSR count). The van der Waals surface area contributed by atoms with Crippen molar-refractivity contribution in [2.24, 2.45) is 5.92 Å². The number of para-hydroxylation sites is 1. The van der Waals surface area contributed by atoms with Crippen molar-refractivity contribution in [2.45, 2.75) is 70.9 Å². The highest BCUT2D eigenvalue weighted by molar-refractivity contribution is 5.85. The first-order chi connectivity index (χ1) is 18.6. The lowest BCUT2D eigenvalue weighted by Gasteiger charge is -2.28. The summed E-state index contributed by atoms with van der Waals surface area (Å²) in [7, 11) is 0. The lowest BCUT2D eigenvalue weighted by molar-refractivity contribution is -0.125. The van der Waals surface area contributed by atoms with Gasteiger partial charge in [-0.05, 0) is 60.9 Å². The van der Waals surface area contributed by atoms with Gasteiger partial charge in [0, 0.05) is 23.1 Å². The highest BCUT2D eigenvalue weighted by Gasteiger charge is 2.31. The number of nitrogens with zero attached hydrogens (tertiary/aromatic N) is 1. The summed E-state index contributed by atoms with van der Waals surface area (Å²) in [5, 5.41) is 14.6. The molecule has 1 aliphatic rings. The summed E-state index contributed by atoms with van der Waals surface area (Å²) in [5.41, 5.74) is 7.13. The molecule has 4 heteroatoms. The molecule has 1 amide bonds. The average molecular weight is 509 g/mol. The van der Waals surface area contributed by atoms with E-state index in [-0.39, 0.29) is 18.4 Å². The van der Waals surface area contributed by atoms with Crippen LogP contribution < -0.4 is 5.32 Å². The Labute approximate surface area is 226 Å². The molecule has 1 fully saturated rings. The molecule has 1 saturated carbocycles. The van der Waals surface area contributed by atoms with Crippen molar-refractivity contribution in [1.29, 1.82) is 0 Å². The summed E-state index contributed by atoms with van der Waals surface area (Å²) >= 11 is 0. The van der Waals surface area contributed by atoms with Gasteiger partial charge in [0.2, 0.25) is 5.91 Å². The molecule has 3 aromatic carbocycles. The largest absolute Gasteiger partial charge is 0.394 e. The van der Waals surface area contributed by atoms with Crippen molar-refractivity contribution < 1.29 is 9.90 Å². The molecule has 1 heterocycles. The fourth-order valence-corrected chi connectivity index (χ4v) is 6.28. The number of amides is 1. The molecule has 4 aromatic rings. The molecule has 38 heavy (non-hydrogen) atoms. The second-order valence-electron chi connectivity index (χ2n) is 10.9. The van der Waals surface area contributed by atoms with Crippen LogP contribution in [0.25, 0.3) is 10.9 Å². The Morgan fingerprint density at radius 2 is 1.53 bits per heavy atom. The molecule has 2 atom stereocenters. The van der Waals surface area contributed by atoms with Crippen LogP contribution in [0.3, 0.4) is 0 Å². The van der Waals surface area contributed by atoms with Gasteiger partial charge in [0.1, 0.15) is 0 Å². The third-order valence-corrected chi connectivity index (χ3v) is 8.58. The summed E-state index contributed by atoms with van der Waals surface area (Å²) in [6.45, 7) is 5.08. The van der Waals surface area contributed by atoms with Crippen LogP contribution in [0.4, 0.5) is 0 Å². The van der Waals surface area contributed by atoms with Gasteiger partial charge in [-0.2, -0.15) is 0 Å². The molecule has 4 nitrogen and oxygen atoms in total. The van der Waals surface area contributed by atoms with Gasteiger partial charge in [-0.25, -0.2) is 0 Å². The van der Waals surface area contributed by atoms with Crippen LogP contribution in [0, 0.1) is 19.8 Å². The zero-order valence-electron chi connectivity index (χ0n) is 22.7. The Morgan fingerprint density at radius 1 is 0.868 bits per heavy atom. The van der Waals surface area contributed by atoms with Crippen molar-refractivity contribution in [3.63, 3.8) is 0 Å². The molecule has 0 spiro atoms. The van der Waals surface area contributed by atoms with Crippen LogP contribution in [0.5, 0.6) is 0 Å². The molecular formula is C34H40N2O2. The third kappa shape index (κ3) is 5.56. The highest BCUT2D eigenvalue weighted by atomic mass is 16.3. The summed E-state index contributed by atoms with van der Waals surface area (Å²) in [4.78, 5) is 13.8. The molecule has 1 aromatic heterocycles. The van der Waals surface area contributed by atoms with Crippen LogP contribution in [0.1, 0.15) is 78.4 Å². The molecule has 0 radical (unpaired) electrons. The van der Waals surface area contributed by atoms with E-state index in [1.54, 1.807) is 0 Å². The number of benzene rings is 3. The molecule has 1 aliphatic carbocycles. The van der Waals surface area contributed by atoms with Gasteiger partial charge in [-0.3, -0.25) is 4.79 Å². The van der Waals surface area contributed by atoms with Gasteiger partial charge in [0.25, 0.3) is 0 Å². The number of aliphatic hydroxyl groups excluding tert-OH is 1. The summed E-state index contributed by atoms with van der Waals surface area (Å²) < 4.78 is 2.39.